The van der Waals surface area contributed by atoms with Crippen LogP contribution < -0.4 is 15.6 Å². The minimum Gasteiger partial charge on any atom is -0.464 e. The van der Waals surface area contributed by atoms with Crippen LogP contribution in [0.3, 0.4) is 0 Å². The maximum atomic E-state index is 15.3. The molecule has 6 bridgehead atoms. The zero-order valence-electron chi connectivity index (χ0n) is 49.2. The Morgan fingerprint density at radius 3 is 2.55 bits per heavy atom. The number of cyclic esters (lactones) is 1. The van der Waals surface area contributed by atoms with Gasteiger partial charge >= 0.3 is 5.97 Å². The Labute approximate surface area is 488 Å². The Bertz CT molecular complexity index is 3090. The summed E-state index contributed by atoms with van der Waals surface area (Å²) in [6.45, 7) is 20.8. The fourth-order valence-corrected chi connectivity index (χ4v) is 17.0. The van der Waals surface area contributed by atoms with E-state index in [1.54, 1.807) is 5.01 Å². The summed E-state index contributed by atoms with van der Waals surface area (Å²) in [5.74, 6) is 0.629. The first-order chi connectivity index (χ1) is 39.7. The van der Waals surface area contributed by atoms with Crippen LogP contribution in [-0.4, -0.2) is 184 Å². The number of morpholine rings is 1. The lowest BCUT2D eigenvalue weighted by atomic mass is 9.84. The number of hydrogen-bond acceptors (Lipinski definition) is 14. The highest BCUT2D eigenvalue weighted by molar-refractivity contribution is 7.10. The maximum Gasteiger partial charge on any atom is 0.324 e. The summed E-state index contributed by atoms with van der Waals surface area (Å²) in [4.78, 5) is 81.8. The molecule has 1 spiro atoms. The van der Waals surface area contributed by atoms with Gasteiger partial charge in [0.2, 0.25) is 11.8 Å². The summed E-state index contributed by atoms with van der Waals surface area (Å²) >= 11 is 1.52. The molecule has 0 radical (unpaired) electrons. The number of fused-ring (bicyclic) bond motifs is 7. The van der Waals surface area contributed by atoms with E-state index < -0.39 is 17.5 Å². The summed E-state index contributed by atoms with van der Waals surface area (Å²) in [5, 5.41) is 8.94. The molecule has 6 saturated heterocycles. The Morgan fingerprint density at radius 1 is 0.927 bits per heavy atom. The number of esters is 1. The molecule has 18 heteroatoms. The lowest BCUT2D eigenvalue weighted by Gasteiger charge is -2.44. The van der Waals surface area contributed by atoms with Crippen LogP contribution in [0.15, 0.2) is 35.8 Å². The molecule has 8 atom stereocenters. The van der Waals surface area contributed by atoms with Gasteiger partial charge in [0.25, 0.3) is 5.91 Å². The molecular formula is C64H87N11O6S. The van der Waals surface area contributed by atoms with E-state index in [0.29, 0.717) is 55.8 Å². The summed E-state index contributed by atoms with van der Waals surface area (Å²) in [6.07, 6.45) is 15.1. The van der Waals surface area contributed by atoms with Gasteiger partial charge in [-0.05, 0) is 126 Å². The second-order valence-electron chi connectivity index (χ2n) is 27.6. The van der Waals surface area contributed by atoms with E-state index >= 15 is 9.59 Å². The molecule has 82 heavy (non-hydrogen) atoms. The number of rotatable bonds is 11. The van der Waals surface area contributed by atoms with E-state index in [2.05, 4.69) is 110 Å². The van der Waals surface area contributed by atoms with Crippen LogP contribution in [0, 0.1) is 22.7 Å². The Balaban J connectivity index is 0.770. The Hall–Kier alpha value is -4.98. The fourth-order valence-electron chi connectivity index (χ4n) is 16.2. The van der Waals surface area contributed by atoms with Crippen molar-refractivity contribution in [2.45, 2.75) is 179 Å². The van der Waals surface area contributed by atoms with Crippen molar-refractivity contribution in [1.82, 2.24) is 49.9 Å². The van der Waals surface area contributed by atoms with Crippen LogP contribution in [0.5, 0.6) is 0 Å². The van der Waals surface area contributed by atoms with E-state index in [9.17, 15) is 9.59 Å². The average Bonchev–Trinajstić information content (AvgIpc) is 3.50. The van der Waals surface area contributed by atoms with Gasteiger partial charge in [0.05, 0.1) is 65.9 Å². The van der Waals surface area contributed by atoms with Crippen LogP contribution in [0.25, 0.3) is 33.4 Å². The molecule has 3 aliphatic carbocycles. The number of nitrogens with one attached hydrogen (secondary N) is 2. The largest absolute Gasteiger partial charge is 0.464 e. The third-order valence-electron chi connectivity index (χ3n) is 20.8. The number of ether oxygens (including phenoxy) is 2. The number of pyridine rings is 1. The molecule has 10 heterocycles. The minimum absolute atomic E-state index is 0.0322. The molecule has 3 aromatic heterocycles. The Kier molecular flexibility index (Phi) is 14.6. The van der Waals surface area contributed by atoms with Crippen LogP contribution in [0.2, 0.25) is 0 Å². The lowest BCUT2D eigenvalue weighted by Crippen LogP contribution is -2.62. The number of benzene rings is 1. The van der Waals surface area contributed by atoms with Crippen molar-refractivity contribution in [2.75, 3.05) is 83.6 Å². The molecule has 3 saturated carbocycles. The molecule has 1 unspecified atom stereocenters. The average molecular weight is 1140 g/mol. The second kappa shape index (κ2) is 21.8. The van der Waals surface area contributed by atoms with Crippen molar-refractivity contribution in [3.05, 3.63) is 52.1 Å². The number of carbonyl (C=O) groups is 4. The van der Waals surface area contributed by atoms with Crippen LogP contribution >= 0.6 is 11.3 Å². The number of likely N-dealkylation sites (tertiary alicyclic amines) is 2. The predicted molar refractivity (Wildman–Crippen MR) is 317 cm³/mol. The molecule has 9 fully saturated rings. The first-order valence-corrected chi connectivity index (χ1v) is 32.6. The summed E-state index contributed by atoms with van der Waals surface area (Å²) in [7, 11) is 0. The number of aromatic nitrogens is 3. The summed E-state index contributed by atoms with van der Waals surface area (Å²) in [6, 6.07) is 8.55. The number of piperazine rings is 1. The zero-order valence-corrected chi connectivity index (χ0v) is 50.0. The predicted octanol–water partition coefficient (Wildman–Crippen LogP) is 7.25. The van der Waals surface area contributed by atoms with Gasteiger partial charge in [0, 0.05) is 116 Å². The molecule has 14 rings (SSSR count). The van der Waals surface area contributed by atoms with Gasteiger partial charge in [0.1, 0.15) is 18.1 Å². The third kappa shape index (κ3) is 10.5. The molecule has 1 aromatic carbocycles. The number of hydrazine groups is 1. The molecule has 2 N–H and O–H groups in total. The smallest absolute Gasteiger partial charge is 0.324 e. The number of aryl methyl sites for hydroxylation is 1. The van der Waals surface area contributed by atoms with Gasteiger partial charge < -0.3 is 29.2 Å². The van der Waals surface area contributed by atoms with Crippen molar-refractivity contribution < 1.29 is 28.7 Å². The highest BCUT2D eigenvalue weighted by atomic mass is 32.1. The van der Waals surface area contributed by atoms with Crippen molar-refractivity contribution in [3.8, 4) is 22.5 Å². The van der Waals surface area contributed by atoms with Gasteiger partial charge in [-0.25, -0.2) is 10.4 Å². The molecular weight excluding hydrogens is 1050 g/mol. The topological polar surface area (TPSA) is 161 Å². The quantitative estimate of drug-likeness (QED) is 0.114. The van der Waals surface area contributed by atoms with Crippen molar-refractivity contribution in [1.29, 1.82) is 0 Å². The van der Waals surface area contributed by atoms with Crippen LogP contribution in [0.4, 0.5) is 5.69 Å². The van der Waals surface area contributed by atoms with Gasteiger partial charge in [-0.1, -0.05) is 46.6 Å². The normalized spacial score (nSPS) is 30.5. The summed E-state index contributed by atoms with van der Waals surface area (Å²) < 4.78 is 14.7. The maximum absolute atomic E-state index is 15.3. The van der Waals surface area contributed by atoms with Crippen molar-refractivity contribution in [3.63, 3.8) is 0 Å². The number of nitrogens with zero attached hydrogens (tertiary/aromatic N) is 9. The first kappa shape index (κ1) is 54.9. The van der Waals surface area contributed by atoms with Gasteiger partial charge in [0.15, 0.2) is 0 Å². The minimum atomic E-state index is -0.923. The fraction of sp³-hybridized carbons (Fsp3) is 0.688. The lowest BCUT2D eigenvalue weighted by molar-refractivity contribution is -0.155. The van der Waals surface area contributed by atoms with E-state index in [1.807, 2.05) is 0 Å². The van der Waals surface area contributed by atoms with E-state index in [0.717, 1.165) is 160 Å². The molecule has 440 valence electrons. The number of anilines is 1. The van der Waals surface area contributed by atoms with E-state index in [-0.39, 0.29) is 60.1 Å². The van der Waals surface area contributed by atoms with Gasteiger partial charge in [-0.15, -0.1) is 11.3 Å². The number of hydrogen-bond donors (Lipinski definition) is 2. The molecule has 4 aromatic rings. The van der Waals surface area contributed by atoms with Crippen LogP contribution in [0.1, 0.15) is 134 Å². The van der Waals surface area contributed by atoms with Crippen molar-refractivity contribution in [2.24, 2.45) is 22.7 Å². The van der Waals surface area contributed by atoms with Gasteiger partial charge in [-0.3, -0.25) is 43.9 Å². The molecule has 17 nitrogen and oxygen atoms in total. The Morgan fingerprint density at radius 2 is 1.76 bits per heavy atom. The van der Waals surface area contributed by atoms with E-state index in [4.69, 9.17) is 19.4 Å². The highest BCUT2D eigenvalue weighted by Crippen LogP contribution is 2.54. The highest BCUT2D eigenvalue weighted by Gasteiger charge is 2.64. The number of amides is 3. The number of thiazole rings is 1. The monoisotopic (exact) mass is 1140 g/mol. The van der Waals surface area contributed by atoms with Crippen molar-refractivity contribution >= 4 is 51.6 Å². The molecule has 7 aliphatic heterocycles. The SMILES string of the molecule is CCn1c(-c2cc(N3CCN4CCOC[C@@H]4C3)cnc2C(C)C)c2c3cc(ccc31)-c1csc(n1)C[C@H](NC(=O)[C@H](C1CCCC1)N1CC[C@]3(CCN(C(=O)[C@H]4[C@@H](C5CC5)N4C4CC4)C3)C1)C(=O)N1CCC[C@H](N1)C(=O)OCC(C)(C)C2. The molecule has 10 aliphatic rings. The molecule has 3 amide bonds. The van der Waals surface area contributed by atoms with Gasteiger partial charge in [-0.2, -0.15) is 0 Å². The zero-order chi connectivity index (χ0) is 56.2. The first-order valence-electron chi connectivity index (χ1n) is 31.7. The standard InChI is InChI=1S/C64H87N11O6S/c1-6-73-52-18-15-42-28-46(52)48(57(73)47-29-44(32-65-54(47)39(2)3)70-25-24-69-26-27-80-34-45(69)33-70)31-63(4,5)38-81-62(79)49-12-9-21-74(68-49)60(77)50(30-53-66-51(42)35-82-53)67-59(76)56(40-10-7-8-11-40)71-22-19-64(36-71)20-23-72(37-64)61(78)58-55(41-13-14-41)75(58)43-16-17-43/h15,18,28-29,32,35,39-41,43,45,49-50,55-56,58,68H,6-14,16-17,19-27,30-31,33-34,36-38H2,1-5H3,(H,67,76)/t45-,49-,50-,55+,56-,58+,64-,75?/m0/s1. The third-order valence-corrected chi connectivity index (χ3v) is 21.7. The van der Waals surface area contributed by atoms with Crippen LogP contribution in [-0.2, 0) is 48.0 Å². The summed E-state index contributed by atoms with van der Waals surface area (Å²) in [5.41, 5.74) is 11.4. The van der Waals surface area contributed by atoms with E-state index in [1.165, 1.54) is 42.6 Å². The second-order valence-corrected chi connectivity index (χ2v) is 28.6. The number of carbonyl (C=O) groups excluding carboxylic acids is 4.